The van der Waals surface area contributed by atoms with E-state index in [0.29, 0.717) is 0 Å². The number of hydrogen-bond donors (Lipinski definition) is 0. The van der Waals surface area contributed by atoms with E-state index >= 15 is 0 Å². The van der Waals surface area contributed by atoms with E-state index in [-0.39, 0.29) is 0 Å². The van der Waals surface area contributed by atoms with Crippen LogP contribution in [0.2, 0.25) is 0 Å². The average molecular weight is 681 g/mol. The summed E-state index contributed by atoms with van der Waals surface area (Å²) in [5.41, 5.74) is 11.2. The first-order valence-corrected chi connectivity index (χ1v) is 18.5. The quantitative estimate of drug-likeness (QED) is 0.182. The Morgan fingerprint density at radius 2 is 1.02 bits per heavy atom. The Morgan fingerprint density at radius 1 is 0.385 bits per heavy atom. The van der Waals surface area contributed by atoms with Gasteiger partial charge in [-0.1, -0.05) is 109 Å². The molecule has 12 rings (SSSR count). The fourth-order valence-corrected chi connectivity index (χ4v) is 9.90. The minimum Gasteiger partial charge on any atom is -0.456 e. The molecule has 0 atom stereocenters. The number of furan rings is 1. The fraction of sp³-hybridized carbons (Fsp3) is 0. The fourth-order valence-electron chi connectivity index (χ4n) is 8.66. The molecule has 4 aromatic heterocycles. The van der Waals surface area contributed by atoms with Gasteiger partial charge in [0.1, 0.15) is 11.2 Å². The molecule has 52 heavy (non-hydrogen) atoms. The van der Waals surface area contributed by atoms with Crippen LogP contribution in [0.3, 0.4) is 0 Å². The Balaban J connectivity index is 1.12. The predicted molar refractivity (Wildman–Crippen MR) is 221 cm³/mol. The van der Waals surface area contributed by atoms with Crippen LogP contribution >= 0.6 is 11.3 Å². The van der Waals surface area contributed by atoms with Crippen molar-refractivity contribution in [2.45, 2.75) is 0 Å². The molecule has 0 radical (unpaired) electrons. The monoisotopic (exact) mass is 680 g/mol. The van der Waals surface area contributed by atoms with Gasteiger partial charge in [0, 0.05) is 63.9 Å². The van der Waals surface area contributed by atoms with Gasteiger partial charge in [0.25, 0.3) is 0 Å². The zero-order valence-electron chi connectivity index (χ0n) is 27.9. The first kappa shape index (κ1) is 28.1. The standard InChI is InChI=1S/C48H28N2OS/c1-2-11-30(12-3-1)49-41-18-7-4-13-33(41)37-24-25-38-34-14-5-8-19-42(34)50(47(38)46(37)49)31-22-26-43-40(28-31)35-23-21-29(27-44(35)51-43)32-16-10-17-39-36-15-6-9-20-45(36)52-48(32)39/h1-28H. The van der Waals surface area contributed by atoms with Crippen LogP contribution in [0.1, 0.15) is 0 Å². The number of thiophene rings is 1. The summed E-state index contributed by atoms with van der Waals surface area (Å²) in [5.74, 6) is 0. The van der Waals surface area contributed by atoms with Crippen LogP contribution in [0.4, 0.5) is 0 Å². The maximum Gasteiger partial charge on any atom is 0.136 e. The third kappa shape index (κ3) is 3.79. The summed E-state index contributed by atoms with van der Waals surface area (Å²) >= 11 is 1.86. The largest absolute Gasteiger partial charge is 0.456 e. The first-order valence-electron chi connectivity index (χ1n) is 17.7. The maximum atomic E-state index is 6.61. The molecule has 0 saturated carbocycles. The molecule has 12 aromatic rings. The van der Waals surface area contributed by atoms with Gasteiger partial charge in [-0.15, -0.1) is 11.3 Å². The van der Waals surface area contributed by atoms with Gasteiger partial charge in [0.15, 0.2) is 0 Å². The zero-order valence-corrected chi connectivity index (χ0v) is 28.7. The number of aromatic nitrogens is 2. The molecule has 0 saturated heterocycles. The maximum absolute atomic E-state index is 6.61. The summed E-state index contributed by atoms with van der Waals surface area (Å²) in [6, 6.07) is 61.6. The van der Waals surface area contributed by atoms with Gasteiger partial charge in [0.2, 0.25) is 0 Å². The second kappa shape index (κ2) is 10.5. The highest BCUT2D eigenvalue weighted by Crippen LogP contribution is 2.44. The van der Waals surface area contributed by atoms with Gasteiger partial charge < -0.3 is 13.6 Å². The van der Waals surface area contributed by atoms with E-state index < -0.39 is 0 Å². The lowest BCUT2D eigenvalue weighted by molar-refractivity contribution is 0.669. The number of hydrogen-bond acceptors (Lipinski definition) is 2. The molecule has 0 amide bonds. The SMILES string of the molecule is c1ccc(-n2c3ccccc3c3ccc4c5ccccc5n(-c5ccc6oc7cc(-c8cccc9c8sc8ccccc89)ccc7c6c5)c4c32)cc1. The summed E-state index contributed by atoms with van der Waals surface area (Å²) in [7, 11) is 0. The van der Waals surface area contributed by atoms with Gasteiger partial charge in [-0.25, -0.2) is 0 Å². The third-order valence-corrected chi connectivity index (χ3v) is 12.1. The Hall–Kier alpha value is -6.62. The first-order chi connectivity index (χ1) is 25.8. The van der Waals surface area contributed by atoms with E-state index in [1.54, 1.807) is 0 Å². The van der Waals surface area contributed by atoms with Crippen LogP contribution < -0.4 is 0 Å². The van der Waals surface area contributed by atoms with Crippen LogP contribution in [-0.2, 0) is 0 Å². The van der Waals surface area contributed by atoms with E-state index in [9.17, 15) is 0 Å². The molecular weight excluding hydrogens is 653 g/mol. The lowest BCUT2D eigenvalue weighted by atomic mass is 10.0. The molecule has 0 unspecified atom stereocenters. The van der Waals surface area contributed by atoms with E-state index in [0.717, 1.165) is 33.3 Å². The smallest absolute Gasteiger partial charge is 0.136 e. The molecular formula is C48H28N2OS. The van der Waals surface area contributed by atoms with Crippen LogP contribution in [-0.4, -0.2) is 9.13 Å². The zero-order chi connectivity index (χ0) is 33.9. The molecule has 4 heteroatoms. The molecule has 0 spiro atoms. The second-order valence-electron chi connectivity index (χ2n) is 13.7. The highest BCUT2D eigenvalue weighted by molar-refractivity contribution is 7.26. The topological polar surface area (TPSA) is 23.0 Å². The Morgan fingerprint density at radius 3 is 1.79 bits per heavy atom. The van der Waals surface area contributed by atoms with Crippen molar-refractivity contribution >= 4 is 97.1 Å². The predicted octanol–water partition coefficient (Wildman–Crippen LogP) is 13.8. The molecule has 0 bridgehead atoms. The van der Waals surface area contributed by atoms with Gasteiger partial charge in [-0.2, -0.15) is 0 Å². The third-order valence-electron chi connectivity index (χ3n) is 10.9. The number of para-hydroxylation sites is 3. The van der Waals surface area contributed by atoms with E-state index in [1.807, 2.05) is 11.3 Å². The average Bonchev–Trinajstić information content (AvgIpc) is 3.95. The highest BCUT2D eigenvalue weighted by atomic mass is 32.1. The molecule has 242 valence electrons. The molecule has 0 aliphatic carbocycles. The summed E-state index contributed by atoms with van der Waals surface area (Å²) in [4.78, 5) is 0. The van der Waals surface area contributed by atoms with E-state index in [4.69, 9.17) is 4.42 Å². The van der Waals surface area contributed by atoms with Crippen molar-refractivity contribution in [1.82, 2.24) is 9.13 Å². The number of rotatable bonds is 3. The van der Waals surface area contributed by atoms with Crippen molar-refractivity contribution in [1.29, 1.82) is 0 Å². The van der Waals surface area contributed by atoms with Gasteiger partial charge in [-0.05, 0) is 71.8 Å². The molecule has 0 fully saturated rings. The summed E-state index contributed by atoms with van der Waals surface area (Å²) in [6.45, 7) is 0. The number of fused-ring (bicyclic) bond motifs is 13. The number of nitrogens with zero attached hydrogens (tertiary/aromatic N) is 2. The van der Waals surface area contributed by atoms with E-state index in [1.165, 1.54) is 74.9 Å². The van der Waals surface area contributed by atoms with Gasteiger partial charge in [-0.3, -0.25) is 0 Å². The Bertz CT molecular complexity index is 3410. The van der Waals surface area contributed by atoms with Crippen LogP contribution in [0.5, 0.6) is 0 Å². The van der Waals surface area contributed by atoms with Crippen molar-refractivity contribution in [3.05, 3.63) is 170 Å². The van der Waals surface area contributed by atoms with Crippen LogP contribution in [0.25, 0.3) is 108 Å². The van der Waals surface area contributed by atoms with Crippen LogP contribution in [0.15, 0.2) is 174 Å². The normalized spacial score (nSPS) is 12.2. The van der Waals surface area contributed by atoms with Crippen molar-refractivity contribution in [3.8, 4) is 22.5 Å². The van der Waals surface area contributed by atoms with Crippen molar-refractivity contribution in [3.63, 3.8) is 0 Å². The lowest BCUT2D eigenvalue weighted by Crippen LogP contribution is -1.98. The molecule has 4 heterocycles. The van der Waals surface area contributed by atoms with Gasteiger partial charge >= 0.3 is 0 Å². The molecule has 0 aliphatic heterocycles. The number of benzene rings is 8. The van der Waals surface area contributed by atoms with Crippen molar-refractivity contribution < 1.29 is 4.42 Å². The van der Waals surface area contributed by atoms with E-state index in [2.05, 4.69) is 179 Å². The van der Waals surface area contributed by atoms with Crippen molar-refractivity contribution in [2.24, 2.45) is 0 Å². The minimum absolute atomic E-state index is 0.889. The Kier molecular flexibility index (Phi) is 5.65. The molecule has 3 nitrogen and oxygen atoms in total. The second-order valence-corrected chi connectivity index (χ2v) is 14.7. The van der Waals surface area contributed by atoms with Crippen LogP contribution in [0, 0.1) is 0 Å². The highest BCUT2D eigenvalue weighted by Gasteiger charge is 2.22. The summed E-state index contributed by atoms with van der Waals surface area (Å²) in [6.07, 6.45) is 0. The van der Waals surface area contributed by atoms with Gasteiger partial charge in [0.05, 0.1) is 22.1 Å². The summed E-state index contributed by atoms with van der Waals surface area (Å²) < 4.78 is 14.1. The molecule has 0 N–H and O–H groups in total. The molecule has 8 aromatic carbocycles. The minimum atomic E-state index is 0.889. The Labute approximate surface area is 301 Å². The lowest BCUT2D eigenvalue weighted by Gasteiger charge is -2.12. The molecule has 0 aliphatic rings. The van der Waals surface area contributed by atoms with Crippen molar-refractivity contribution in [2.75, 3.05) is 0 Å². The summed E-state index contributed by atoms with van der Waals surface area (Å²) in [5, 5.41) is 9.81.